The van der Waals surface area contributed by atoms with Crippen molar-refractivity contribution in [1.82, 2.24) is 10.4 Å². The zero-order valence-corrected chi connectivity index (χ0v) is 20.4. The number of amides is 2. The number of hydrogen-bond acceptors (Lipinski definition) is 4. The van der Waals surface area contributed by atoms with Gasteiger partial charge in [-0.15, -0.1) is 0 Å². The Morgan fingerprint density at radius 3 is 2.34 bits per heavy atom. The maximum Gasteiger partial charge on any atom is 0.274 e. The minimum atomic E-state index is -0.610. The predicted octanol–water partition coefficient (Wildman–Crippen LogP) is 5.86. The number of nitrogens with zero attached hydrogens (tertiary/aromatic N) is 1. The summed E-state index contributed by atoms with van der Waals surface area (Å²) in [7, 11) is 0. The number of hydrogen-bond donors (Lipinski definition) is 2. The molecule has 0 atom stereocenters. The molecule has 0 spiro atoms. The molecule has 2 amide bonds. The van der Waals surface area contributed by atoms with Crippen LogP contribution in [0.1, 0.15) is 32.6 Å². The van der Waals surface area contributed by atoms with Crippen LogP contribution in [0.15, 0.2) is 97.1 Å². The lowest BCUT2D eigenvalue weighted by molar-refractivity contribution is -0.125. The first-order chi connectivity index (χ1) is 18.5. The fraction of sp³-hybridized carbons (Fsp3) is 0.0968. The number of hydroxylamine groups is 1. The second-order valence-corrected chi connectivity index (χ2v) is 8.95. The predicted molar refractivity (Wildman–Crippen MR) is 142 cm³/mol. The molecule has 0 bridgehead atoms. The van der Waals surface area contributed by atoms with Gasteiger partial charge in [0.05, 0.1) is 0 Å². The maximum absolute atomic E-state index is 13.9. The van der Waals surface area contributed by atoms with Crippen LogP contribution in [0, 0.1) is 5.82 Å². The van der Waals surface area contributed by atoms with Gasteiger partial charge in [0.2, 0.25) is 0 Å². The van der Waals surface area contributed by atoms with Crippen LogP contribution < -0.4 is 10.2 Å². The summed E-state index contributed by atoms with van der Waals surface area (Å²) in [5.41, 5.74) is 5.59. The number of halogens is 1. The number of fused-ring (bicyclic) bond motifs is 1. The molecule has 7 heteroatoms. The molecule has 1 aliphatic heterocycles. The average Bonchev–Trinajstić information content (AvgIpc) is 2.96. The second kappa shape index (κ2) is 11.1. The molecule has 0 fully saturated rings. The Balaban J connectivity index is 1.47. The topological polar surface area (TPSA) is 78.9 Å². The molecule has 2 N–H and O–H groups in total. The molecule has 4 aromatic carbocycles. The highest BCUT2D eigenvalue weighted by atomic mass is 19.1. The quantitative estimate of drug-likeness (QED) is 0.148. The third-order valence-electron chi connectivity index (χ3n) is 6.40. The van der Waals surface area contributed by atoms with E-state index in [4.69, 9.17) is 9.94 Å². The zero-order chi connectivity index (χ0) is 26.5. The molecule has 1 aliphatic rings. The molecular formula is C31H25FN2O4. The summed E-state index contributed by atoms with van der Waals surface area (Å²) in [6, 6.07) is 27.8. The first kappa shape index (κ1) is 24.9. The van der Waals surface area contributed by atoms with Crippen molar-refractivity contribution in [2.75, 3.05) is 6.54 Å². The molecule has 0 aliphatic carbocycles. The summed E-state index contributed by atoms with van der Waals surface area (Å²) in [5, 5.41) is 8.99. The van der Waals surface area contributed by atoms with Crippen LogP contribution in [0.4, 0.5) is 4.39 Å². The molecule has 4 aromatic rings. The number of nitrogens with one attached hydrogen (secondary N) is 1. The number of carbonyl (C=O) groups is 2. The number of para-hydroxylation sites is 1. The summed E-state index contributed by atoms with van der Waals surface area (Å²) >= 11 is 0. The summed E-state index contributed by atoms with van der Waals surface area (Å²) in [4.78, 5) is 27.5. The van der Waals surface area contributed by atoms with Crippen LogP contribution in [0.5, 0.6) is 11.5 Å². The fourth-order valence-corrected chi connectivity index (χ4v) is 4.46. The number of carbonyl (C=O) groups excluding carboxylic acids is 2. The van der Waals surface area contributed by atoms with Gasteiger partial charge < -0.3 is 9.64 Å². The van der Waals surface area contributed by atoms with Crippen molar-refractivity contribution < 1.29 is 23.9 Å². The smallest absolute Gasteiger partial charge is 0.274 e. The van der Waals surface area contributed by atoms with E-state index in [0.717, 1.165) is 16.7 Å². The summed E-state index contributed by atoms with van der Waals surface area (Å²) in [5.74, 6) is 0.108. The Morgan fingerprint density at radius 1 is 0.842 bits per heavy atom. The molecule has 1 heterocycles. The Kier molecular flexibility index (Phi) is 7.28. The van der Waals surface area contributed by atoms with Gasteiger partial charge in [-0.1, -0.05) is 48.5 Å². The molecule has 0 saturated heterocycles. The molecule has 0 radical (unpaired) electrons. The minimum Gasteiger partial charge on any atom is -0.457 e. The van der Waals surface area contributed by atoms with Crippen LogP contribution in [0.25, 0.3) is 11.6 Å². The Bertz CT molecular complexity index is 1500. The molecule has 190 valence electrons. The van der Waals surface area contributed by atoms with Crippen molar-refractivity contribution in [3.63, 3.8) is 0 Å². The van der Waals surface area contributed by atoms with E-state index in [1.807, 2.05) is 60.7 Å². The average molecular weight is 509 g/mol. The van der Waals surface area contributed by atoms with E-state index in [2.05, 4.69) is 0 Å². The number of ether oxygens (including phenoxy) is 1. The van der Waals surface area contributed by atoms with Gasteiger partial charge in [0.1, 0.15) is 17.3 Å². The van der Waals surface area contributed by atoms with Gasteiger partial charge in [0.15, 0.2) is 0 Å². The lowest BCUT2D eigenvalue weighted by atomic mass is 9.95. The van der Waals surface area contributed by atoms with E-state index in [-0.39, 0.29) is 11.7 Å². The molecular weight excluding hydrogens is 483 g/mol. The van der Waals surface area contributed by atoms with Gasteiger partial charge >= 0.3 is 0 Å². The van der Waals surface area contributed by atoms with Crippen LogP contribution in [-0.4, -0.2) is 28.5 Å². The first-order valence-corrected chi connectivity index (χ1v) is 12.2. The zero-order valence-electron chi connectivity index (χ0n) is 20.4. The largest absolute Gasteiger partial charge is 0.457 e. The van der Waals surface area contributed by atoms with Crippen molar-refractivity contribution in [3.05, 3.63) is 131 Å². The van der Waals surface area contributed by atoms with Crippen LogP contribution >= 0.6 is 0 Å². The molecule has 0 saturated carbocycles. The Hall–Kier alpha value is -4.75. The van der Waals surface area contributed by atoms with Gasteiger partial charge in [-0.3, -0.25) is 14.8 Å². The van der Waals surface area contributed by atoms with Crippen molar-refractivity contribution in [2.24, 2.45) is 0 Å². The van der Waals surface area contributed by atoms with E-state index in [9.17, 15) is 14.0 Å². The third-order valence-corrected chi connectivity index (χ3v) is 6.40. The monoisotopic (exact) mass is 508 g/mol. The summed E-state index contributed by atoms with van der Waals surface area (Å²) in [6.07, 6.45) is 2.40. The van der Waals surface area contributed by atoms with Crippen molar-refractivity contribution in [3.8, 4) is 11.5 Å². The highest BCUT2D eigenvalue weighted by molar-refractivity contribution is 6.24. The van der Waals surface area contributed by atoms with Gasteiger partial charge in [0.25, 0.3) is 11.8 Å². The van der Waals surface area contributed by atoms with Crippen LogP contribution in [0.2, 0.25) is 0 Å². The van der Waals surface area contributed by atoms with Crippen molar-refractivity contribution in [1.29, 1.82) is 0 Å². The Labute approximate surface area is 219 Å². The maximum atomic E-state index is 13.9. The van der Waals surface area contributed by atoms with E-state index < -0.39 is 5.91 Å². The highest BCUT2D eigenvalue weighted by Crippen LogP contribution is 2.28. The molecule has 5 rings (SSSR count). The van der Waals surface area contributed by atoms with Gasteiger partial charge in [-0.25, -0.2) is 9.87 Å². The normalized spacial score (nSPS) is 13.0. The number of benzene rings is 4. The van der Waals surface area contributed by atoms with Crippen molar-refractivity contribution in [2.45, 2.75) is 13.0 Å². The van der Waals surface area contributed by atoms with Crippen molar-refractivity contribution >= 4 is 23.5 Å². The van der Waals surface area contributed by atoms with Crippen LogP contribution in [0.3, 0.4) is 0 Å². The van der Waals surface area contributed by atoms with Gasteiger partial charge in [-0.2, -0.15) is 0 Å². The Morgan fingerprint density at radius 2 is 1.58 bits per heavy atom. The standard InChI is InChI=1S/C31H25FN2O4/c32-26-13-11-23(12-14-26)29(18-21-5-4-8-28(17-21)38-27-6-2-1-3-7-27)31(36)34-16-15-22-9-10-24(30(35)33-37)19-25(22)20-34/h1-14,17-19,37H,15-16,20H2,(H,33,35). The van der Waals surface area contributed by atoms with Gasteiger partial charge in [0, 0.05) is 24.2 Å². The molecule has 6 nitrogen and oxygen atoms in total. The molecule has 38 heavy (non-hydrogen) atoms. The highest BCUT2D eigenvalue weighted by Gasteiger charge is 2.25. The van der Waals surface area contributed by atoms with E-state index in [1.165, 1.54) is 12.1 Å². The van der Waals surface area contributed by atoms with E-state index in [1.54, 1.807) is 40.7 Å². The molecule has 0 unspecified atom stereocenters. The third kappa shape index (κ3) is 5.63. The summed E-state index contributed by atoms with van der Waals surface area (Å²) < 4.78 is 19.7. The van der Waals surface area contributed by atoms with E-state index >= 15 is 0 Å². The van der Waals surface area contributed by atoms with Gasteiger partial charge in [-0.05, 0) is 83.3 Å². The number of rotatable bonds is 6. The van der Waals surface area contributed by atoms with Crippen LogP contribution in [-0.2, 0) is 17.8 Å². The lowest BCUT2D eigenvalue weighted by Crippen LogP contribution is -2.36. The summed E-state index contributed by atoms with van der Waals surface area (Å²) in [6.45, 7) is 0.795. The second-order valence-electron chi connectivity index (χ2n) is 8.95. The van der Waals surface area contributed by atoms with E-state index in [0.29, 0.717) is 47.7 Å². The fourth-order valence-electron chi connectivity index (χ4n) is 4.46. The lowest BCUT2D eigenvalue weighted by Gasteiger charge is -2.30. The molecule has 0 aromatic heterocycles. The SMILES string of the molecule is O=C(NO)c1ccc2c(c1)CN(C(=O)C(=Cc1cccc(Oc3ccccc3)c1)c1ccc(F)cc1)CC2. The minimum absolute atomic E-state index is 0.214. The first-order valence-electron chi connectivity index (χ1n) is 12.2.